The van der Waals surface area contributed by atoms with Gasteiger partial charge in [-0.15, -0.1) is 13.0 Å². The van der Waals surface area contributed by atoms with Crippen molar-refractivity contribution in [3.63, 3.8) is 0 Å². The summed E-state index contributed by atoms with van der Waals surface area (Å²) in [5, 5.41) is 1.49. The first kappa shape index (κ1) is 30.6. The molecule has 1 saturated carbocycles. The van der Waals surface area contributed by atoms with Crippen molar-refractivity contribution in [2.24, 2.45) is 5.92 Å². The van der Waals surface area contributed by atoms with Crippen LogP contribution in [0.2, 0.25) is 6.55 Å². The van der Waals surface area contributed by atoms with Crippen LogP contribution in [0.15, 0.2) is 47.1 Å². The van der Waals surface area contributed by atoms with Crippen molar-refractivity contribution in [2.75, 3.05) is 0 Å². The van der Waals surface area contributed by atoms with E-state index in [1.165, 1.54) is 79.7 Å². The standard InChI is InChI=1S/C12H24N.C9H13.C7H9Si.Ti/c13-12-10-8-6-4-2-1-3-5-7-9-11-12;1-6-5-7(2)9(4)8(6)3;1-8-7-5-3-2-4-6-7;/h12-13H,1-11H2;6H,1-4H3;2-6,8H,1H3;/q2*-1;;+2. The third-order valence-electron chi connectivity index (χ3n) is 6.47. The van der Waals surface area contributed by atoms with Crippen molar-refractivity contribution in [1.82, 2.24) is 0 Å². The van der Waals surface area contributed by atoms with E-state index in [1.807, 2.05) is 0 Å². The number of rotatable bonds is 1. The first-order chi connectivity index (χ1) is 14.5. The molecule has 1 nitrogen and oxygen atoms in total. The Hall–Kier alpha value is -0.409. The van der Waals surface area contributed by atoms with Gasteiger partial charge in [0, 0.05) is 0 Å². The van der Waals surface area contributed by atoms with Gasteiger partial charge < -0.3 is 5.73 Å². The van der Waals surface area contributed by atoms with Crippen LogP contribution < -0.4 is 5.19 Å². The first-order valence-corrected chi connectivity index (χ1v) is 14.0. The summed E-state index contributed by atoms with van der Waals surface area (Å²) in [6.45, 7) is 10.9. The molecule has 1 N–H and O–H groups in total. The summed E-state index contributed by atoms with van der Waals surface area (Å²) < 4.78 is 0. The summed E-state index contributed by atoms with van der Waals surface area (Å²) in [7, 11) is 0.511. The number of hydrogen-bond acceptors (Lipinski definition) is 0. The molecular formula is C28H46NSiTi. The van der Waals surface area contributed by atoms with Crippen LogP contribution in [-0.4, -0.2) is 15.6 Å². The van der Waals surface area contributed by atoms with Crippen LogP contribution in [-0.2, 0) is 21.7 Å². The molecule has 0 saturated heterocycles. The zero-order chi connectivity index (χ0) is 22.2. The van der Waals surface area contributed by atoms with Gasteiger partial charge in [0.25, 0.3) is 0 Å². The first-order valence-electron chi connectivity index (χ1n) is 12.3. The molecule has 1 atom stereocenters. The molecule has 2 aliphatic rings. The Bertz CT molecular complexity index is 611. The van der Waals surface area contributed by atoms with Gasteiger partial charge in [-0.05, 0) is 0 Å². The Morgan fingerprint density at radius 3 is 1.55 bits per heavy atom. The van der Waals surface area contributed by atoms with E-state index in [0.29, 0.717) is 15.4 Å². The molecule has 1 aromatic carbocycles. The molecule has 31 heavy (non-hydrogen) atoms. The average molecular weight is 473 g/mol. The van der Waals surface area contributed by atoms with Gasteiger partial charge in [-0.3, -0.25) is 6.08 Å². The van der Waals surface area contributed by atoms with Crippen LogP contribution >= 0.6 is 0 Å². The summed E-state index contributed by atoms with van der Waals surface area (Å²) in [6, 6.07) is 10.8. The zero-order valence-corrected chi connectivity index (χ0v) is 23.6. The summed E-state index contributed by atoms with van der Waals surface area (Å²) in [5.74, 6) is 0.560. The second-order valence-electron chi connectivity index (χ2n) is 8.95. The minimum absolute atomic E-state index is 0. The third kappa shape index (κ3) is 14.4. The second kappa shape index (κ2) is 19.1. The smallest absolute Gasteiger partial charge is 0.675 e. The van der Waals surface area contributed by atoms with E-state index < -0.39 is 0 Å². The Morgan fingerprint density at radius 2 is 1.26 bits per heavy atom. The van der Waals surface area contributed by atoms with Crippen LogP contribution in [0.1, 0.15) is 98.3 Å². The van der Waals surface area contributed by atoms with Crippen molar-refractivity contribution < 1.29 is 21.7 Å². The van der Waals surface area contributed by atoms with Crippen molar-refractivity contribution in [1.29, 1.82) is 0 Å². The maximum absolute atomic E-state index is 7.80. The average Bonchev–Trinajstić information content (AvgIpc) is 2.97. The number of nitrogens with one attached hydrogen (secondary N) is 1. The van der Waals surface area contributed by atoms with E-state index in [9.17, 15) is 0 Å². The molecule has 0 aliphatic heterocycles. The van der Waals surface area contributed by atoms with Gasteiger partial charge in [0.1, 0.15) is 0 Å². The van der Waals surface area contributed by atoms with Gasteiger partial charge in [-0.25, -0.2) is 5.57 Å². The summed E-state index contributed by atoms with van der Waals surface area (Å²) in [6.07, 6.45) is 18.1. The number of allylic oxidation sites excluding steroid dienone is 4. The molecule has 0 heterocycles. The SMILES string of the molecule is CC1=[C-]C(C)C(C)=C1C.C[SiH]c1ccccc1.[NH-]C1CCCCCCCCCCC1.[Ti+2]. The molecule has 1 fully saturated rings. The largest absolute Gasteiger partial charge is 2.00 e. The molecule has 171 valence electrons. The maximum atomic E-state index is 7.80. The van der Waals surface area contributed by atoms with Crippen molar-refractivity contribution in [3.05, 3.63) is 58.9 Å². The van der Waals surface area contributed by atoms with Crippen LogP contribution in [0.4, 0.5) is 0 Å². The van der Waals surface area contributed by atoms with Gasteiger partial charge in [-0.1, -0.05) is 139 Å². The maximum Gasteiger partial charge on any atom is 2.00 e. The van der Waals surface area contributed by atoms with Gasteiger partial charge in [-0.2, -0.15) is 11.1 Å². The molecule has 3 rings (SSSR count). The number of benzene rings is 1. The molecule has 1 radical (unpaired) electrons. The van der Waals surface area contributed by atoms with Crippen LogP contribution in [0.3, 0.4) is 0 Å². The molecule has 3 heteroatoms. The molecule has 0 spiro atoms. The second-order valence-corrected chi connectivity index (χ2v) is 10.2. The van der Waals surface area contributed by atoms with E-state index in [0.717, 1.165) is 12.8 Å². The van der Waals surface area contributed by atoms with Gasteiger partial charge >= 0.3 is 21.7 Å². The van der Waals surface area contributed by atoms with Crippen molar-refractivity contribution >= 4 is 14.7 Å². The molecule has 2 aliphatic carbocycles. The van der Waals surface area contributed by atoms with E-state index in [2.05, 4.69) is 70.6 Å². The van der Waals surface area contributed by atoms with Crippen molar-refractivity contribution in [2.45, 2.75) is 111 Å². The summed E-state index contributed by atoms with van der Waals surface area (Å²) in [5.41, 5.74) is 12.0. The van der Waals surface area contributed by atoms with Crippen molar-refractivity contribution in [3.8, 4) is 0 Å². The topological polar surface area (TPSA) is 23.8 Å². The fourth-order valence-corrected chi connectivity index (χ4v) is 4.58. The van der Waals surface area contributed by atoms with Crippen LogP contribution in [0.25, 0.3) is 5.73 Å². The molecule has 0 aromatic heterocycles. The third-order valence-corrected chi connectivity index (χ3v) is 7.53. The summed E-state index contributed by atoms with van der Waals surface area (Å²) in [4.78, 5) is 0. The monoisotopic (exact) mass is 472 g/mol. The predicted octanol–water partition coefficient (Wildman–Crippen LogP) is 8.23. The molecule has 1 unspecified atom stereocenters. The van der Waals surface area contributed by atoms with Crippen LogP contribution in [0, 0.1) is 12.0 Å². The van der Waals surface area contributed by atoms with E-state index in [1.54, 1.807) is 0 Å². The Balaban J connectivity index is 0.000000444. The Kier molecular flexibility index (Phi) is 18.8. The quantitative estimate of drug-likeness (QED) is 0.290. The molecule has 0 amide bonds. The minimum atomic E-state index is 0. The Labute approximate surface area is 211 Å². The van der Waals surface area contributed by atoms with Crippen LogP contribution in [0.5, 0.6) is 0 Å². The summed E-state index contributed by atoms with van der Waals surface area (Å²) >= 11 is 0. The minimum Gasteiger partial charge on any atom is -0.675 e. The molecule has 0 bridgehead atoms. The fraction of sp³-hybridized carbons (Fsp3) is 0.643. The van der Waals surface area contributed by atoms with E-state index >= 15 is 0 Å². The normalized spacial score (nSPS) is 20.6. The zero-order valence-electron chi connectivity index (χ0n) is 20.9. The predicted molar refractivity (Wildman–Crippen MR) is 138 cm³/mol. The van der Waals surface area contributed by atoms with Gasteiger partial charge in [0.05, 0.1) is 9.52 Å². The van der Waals surface area contributed by atoms with E-state index in [4.69, 9.17) is 5.73 Å². The van der Waals surface area contributed by atoms with Gasteiger partial charge in [0.15, 0.2) is 0 Å². The van der Waals surface area contributed by atoms with Gasteiger partial charge in [0.2, 0.25) is 0 Å². The molecular weight excluding hydrogens is 426 g/mol. The number of hydrogen-bond donors (Lipinski definition) is 0. The fourth-order valence-electron chi connectivity index (χ4n) is 3.97. The Morgan fingerprint density at radius 1 is 0.806 bits per heavy atom. The molecule has 1 aromatic rings. The van der Waals surface area contributed by atoms with E-state index in [-0.39, 0.29) is 27.8 Å².